The zero-order valence-electron chi connectivity index (χ0n) is 52.2. The number of guanidine groups is 1. The standard InChI is InChI=1S/C62H90F2N14O14/c1-2-53(81)67-21-22-69-62(91)72-61(65)68-20-9-13-51(59(89)70-39-48-49(63)37-46(80)38-50(48)64)71-60(90)58(44-11-5-3-6-12-44)45-15-17-47(18-16-45)92-36-10-23-73-28-34-78(35-29-73)54(82)14-7-4-8-19-66-52(43-79)77-32-30-75(41-56(85)86)26-24-74(40-55(83)84)25-27-76(31-33-77)42-57(87)88/h3,5-6,11-12,15-18,37-38,43,51-52,58,66,80H,2,4,7-10,13-14,19-36,39-42H2,1H3,(H,67,81)(H,70,89)(H,71,90)(H,83,84)(H,85,86)(H,87,88)(H4,65,68,69,72,91)/t51-,52?,58-/m1/s1. The molecule has 3 aromatic carbocycles. The Bertz CT molecular complexity index is 2840. The molecule has 2 aliphatic rings. The molecule has 3 atom stereocenters. The maximum atomic E-state index is 14.7. The number of urea groups is 1. The van der Waals surface area contributed by atoms with E-state index in [0.29, 0.717) is 114 Å². The summed E-state index contributed by atoms with van der Waals surface area (Å²) in [6.45, 7) is 7.08. The number of carbonyl (C=O) groups excluding carboxylic acids is 6. The van der Waals surface area contributed by atoms with Crippen LogP contribution in [0.5, 0.6) is 11.5 Å². The highest BCUT2D eigenvalue weighted by atomic mass is 19.1. The molecule has 5 rings (SSSR count). The molecule has 0 bridgehead atoms. The number of ether oxygens (including phenoxy) is 1. The van der Waals surface area contributed by atoms with Crippen molar-refractivity contribution in [1.82, 2.24) is 61.3 Å². The van der Waals surface area contributed by atoms with E-state index in [9.17, 15) is 72.4 Å². The lowest BCUT2D eigenvalue weighted by Gasteiger charge is -2.35. The van der Waals surface area contributed by atoms with Crippen molar-refractivity contribution in [3.05, 3.63) is 95.1 Å². The Kier molecular flexibility index (Phi) is 32.7. The SMILES string of the molecule is CCC(=O)NCCNC(=O)/N=C(/N)NCCC[C@@H](NC(=O)[C@H](c1ccccc1)c1ccc(OCCCN2CCN(C(=O)CCCCCNC(C=O)N3CCN(CC(=O)O)CCN(CC(=O)O)CCN(CC(=O)O)CC3)CC2)cc1)C(=O)NCc1c(F)cc(O)cc1F. The summed E-state index contributed by atoms with van der Waals surface area (Å²) >= 11 is 0. The minimum Gasteiger partial charge on any atom is -0.508 e. The van der Waals surface area contributed by atoms with Gasteiger partial charge in [0.1, 0.15) is 35.3 Å². The Morgan fingerprint density at radius 1 is 0.641 bits per heavy atom. The summed E-state index contributed by atoms with van der Waals surface area (Å²) in [4.78, 5) is 127. The summed E-state index contributed by atoms with van der Waals surface area (Å²) in [5.41, 5.74) is 6.60. The first-order chi connectivity index (χ1) is 44.2. The molecule has 0 aliphatic carbocycles. The van der Waals surface area contributed by atoms with E-state index in [1.54, 1.807) is 76.2 Å². The van der Waals surface area contributed by atoms with Crippen LogP contribution in [-0.2, 0) is 44.9 Å². The summed E-state index contributed by atoms with van der Waals surface area (Å²) < 4.78 is 35.4. The van der Waals surface area contributed by atoms with Crippen LogP contribution in [0.3, 0.4) is 0 Å². The zero-order chi connectivity index (χ0) is 66.8. The number of aldehydes is 1. The van der Waals surface area contributed by atoms with E-state index >= 15 is 0 Å². The van der Waals surface area contributed by atoms with Gasteiger partial charge in [-0.2, -0.15) is 4.99 Å². The second kappa shape index (κ2) is 40.4. The molecule has 0 saturated carbocycles. The Balaban J connectivity index is 1.06. The first-order valence-electron chi connectivity index (χ1n) is 31.1. The van der Waals surface area contributed by atoms with Gasteiger partial charge in [-0.15, -0.1) is 0 Å². The molecule has 0 aromatic heterocycles. The maximum Gasteiger partial charge on any atom is 0.344 e. The number of piperazine rings is 1. The largest absolute Gasteiger partial charge is 0.508 e. The Morgan fingerprint density at radius 3 is 1.78 bits per heavy atom. The lowest BCUT2D eigenvalue weighted by molar-refractivity contribution is -0.140. The van der Waals surface area contributed by atoms with Gasteiger partial charge in [0.05, 0.1) is 32.2 Å². The van der Waals surface area contributed by atoms with Crippen LogP contribution in [0.15, 0.2) is 71.7 Å². The smallest absolute Gasteiger partial charge is 0.344 e. The third-order valence-electron chi connectivity index (χ3n) is 15.6. The first kappa shape index (κ1) is 74.3. The summed E-state index contributed by atoms with van der Waals surface area (Å²) in [7, 11) is 0. The fourth-order valence-electron chi connectivity index (χ4n) is 10.5. The molecule has 506 valence electrons. The molecule has 6 amide bonds. The number of aliphatic imine (C=N–C) groups is 1. The molecule has 3 aromatic rings. The molecule has 2 heterocycles. The van der Waals surface area contributed by atoms with Gasteiger partial charge < -0.3 is 67.2 Å². The quantitative estimate of drug-likeness (QED) is 0.0166. The molecule has 2 aliphatic heterocycles. The average molecular weight is 1290 g/mol. The van der Waals surface area contributed by atoms with E-state index in [2.05, 4.69) is 41.8 Å². The second-order valence-electron chi connectivity index (χ2n) is 22.4. The van der Waals surface area contributed by atoms with E-state index < -0.39 is 83.4 Å². The number of carboxylic acid groups (broad SMARTS) is 3. The van der Waals surface area contributed by atoms with Gasteiger partial charge in [0, 0.05) is 142 Å². The van der Waals surface area contributed by atoms with Crippen molar-refractivity contribution in [2.45, 2.75) is 83.0 Å². The fourth-order valence-corrected chi connectivity index (χ4v) is 10.5. The van der Waals surface area contributed by atoms with Crippen LogP contribution in [0.2, 0.25) is 0 Å². The van der Waals surface area contributed by atoms with Crippen molar-refractivity contribution >= 4 is 59.8 Å². The Morgan fingerprint density at radius 2 is 1.21 bits per heavy atom. The van der Waals surface area contributed by atoms with Crippen LogP contribution in [0.1, 0.15) is 80.9 Å². The minimum absolute atomic E-state index is 0.00509. The summed E-state index contributed by atoms with van der Waals surface area (Å²) in [5, 5.41) is 54.7. The Hall–Kier alpha value is -8.42. The van der Waals surface area contributed by atoms with E-state index in [4.69, 9.17) is 10.5 Å². The number of halogens is 2. The number of benzene rings is 3. The van der Waals surface area contributed by atoms with Crippen molar-refractivity contribution in [2.75, 3.05) is 138 Å². The molecule has 28 nitrogen and oxygen atoms in total. The number of rotatable bonds is 35. The highest BCUT2D eigenvalue weighted by molar-refractivity contribution is 5.93. The van der Waals surface area contributed by atoms with Gasteiger partial charge in [-0.3, -0.25) is 63.4 Å². The number of phenols is 1. The van der Waals surface area contributed by atoms with E-state index in [0.717, 1.165) is 19.3 Å². The van der Waals surface area contributed by atoms with Crippen LogP contribution in [0, 0.1) is 11.6 Å². The van der Waals surface area contributed by atoms with E-state index in [1.165, 1.54) is 0 Å². The lowest BCUT2D eigenvalue weighted by Crippen LogP contribution is -2.54. The number of phenolic OH excluding ortho intramolecular Hbond substituents is 1. The lowest BCUT2D eigenvalue weighted by atomic mass is 9.90. The zero-order valence-corrected chi connectivity index (χ0v) is 52.2. The molecule has 12 N–H and O–H groups in total. The van der Waals surface area contributed by atoms with Crippen molar-refractivity contribution < 1.29 is 77.1 Å². The van der Waals surface area contributed by atoms with Gasteiger partial charge >= 0.3 is 23.9 Å². The second-order valence-corrected chi connectivity index (χ2v) is 22.4. The highest BCUT2D eigenvalue weighted by Gasteiger charge is 2.30. The summed E-state index contributed by atoms with van der Waals surface area (Å²) in [5.74, 6) is -7.90. The number of nitrogens with one attached hydrogen (secondary N) is 6. The molecule has 2 saturated heterocycles. The molecule has 0 spiro atoms. The number of nitrogens with two attached hydrogens (primary N) is 1. The molecular formula is C62H90F2N14O14. The van der Waals surface area contributed by atoms with Crippen molar-refractivity contribution in [3.63, 3.8) is 0 Å². The molecule has 92 heavy (non-hydrogen) atoms. The number of nitrogens with zero attached hydrogens (tertiary/aromatic N) is 7. The van der Waals surface area contributed by atoms with E-state index in [1.807, 2.05) is 9.80 Å². The molecule has 0 radical (unpaired) electrons. The van der Waals surface area contributed by atoms with Gasteiger partial charge in [0.15, 0.2) is 12.2 Å². The fraction of sp³-hybridized carbons (Fsp3) is 0.548. The van der Waals surface area contributed by atoms with E-state index in [-0.39, 0.29) is 109 Å². The normalized spacial score (nSPS) is 16.2. The molecule has 1 unspecified atom stereocenters. The number of aliphatic carboxylic acids is 3. The van der Waals surface area contributed by atoms with Crippen molar-refractivity contribution in [3.8, 4) is 11.5 Å². The maximum absolute atomic E-state index is 14.7. The summed E-state index contributed by atoms with van der Waals surface area (Å²) in [6, 6.07) is 15.3. The van der Waals surface area contributed by atoms with Gasteiger partial charge in [-0.25, -0.2) is 13.6 Å². The number of hydrogen-bond donors (Lipinski definition) is 11. The third kappa shape index (κ3) is 27.6. The third-order valence-corrected chi connectivity index (χ3v) is 15.6. The van der Waals surface area contributed by atoms with Crippen LogP contribution < -0.4 is 42.4 Å². The molecule has 30 heteroatoms. The van der Waals surface area contributed by atoms with Gasteiger partial charge in [0.2, 0.25) is 23.6 Å². The number of unbranched alkanes of at least 4 members (excludes halogenated alkanes) is 2. The monoisotopic (exact) mass is 1290 g/mol. The predicted molar refractivity (Wildman–Crippen MR) is 335 cm³/mol. The highest BCUT2D eigenvalue weighted by Crippen LogP contribution is 2.28. The number of carboxylic acids is 3. The Labute approximate surface area is 534 Å². The minimum atomic E-state index is -1.23. The molecule has 2 fully saturated rings. The number of carbonyl (C=O) groups is 9. The topological polar surface area (TPSA) is 374 Å². The van der Waals surface area contributed by atoms with Crippen molar-refractivity contribution in [2.24, 2.45) is 10.7 Å². The number of amides is 6. The van der Waals surface area contributed by atoms with Crippen molar-refractivity contribution in [1.29, 1.82) is 0 Å². The van der Waals surface area contributed by atoms with Gasteiger partial charge in [-0.1, -0.05) is 55.8 Å². The van der Waals surface area contributed by atoms with Crippen LogP contribution in [0.4, 0.5) is 13.6 Å². The first-order valence-corrected chi connectivity index (χ1v) is 31.1. The van der Waals surface area contributed by atoms with Gasteiger partial charge in [-0.05, 0) is 61.9 Å². The number of aromatic hydroxyl groups is 1. The number of hydrogen-bond acceptors (Lipinski definition) is 17. The van der Waals surface area contributed by atoms with Crippen LogP contribution in [-0.4, -0.2) is 259 Å². The van der Waals surface area contributed by atoms with Crippen LogP contribution in [0.25, 0.3) is 0 Å². The van der Waals surface area contributed by atoms with Gasteiger partial charge in [0.25, 0.3) is 0 Å². The average Bonchev–Trinajstić information content (AvgIpc) is 0.998. The van der Waals surface area contributed by atoms with Crippen LogP contribution >= 0.6 is 0 Å². The predicted octanol–water partition coefficient (Wildman–Crippen LogP) is 0.587. The summed E-state index contributed by atoms with van der Waals surface area (Å²) in [6.07, 6.45) is 3.69. The molecular weight excluding hydrogens is 1200 g/mol.